The fourth-order valence-electron chi connectivity index (χ4n) is 2.62. The number of carboxylic acid groups (broad SMARTS) is 1. The predicted molar refractivity (Wildman–Crippen MR) is 101 cm³/mol. The zero-order chi connectivity index (χ0) is 16.4. The number of imidazole rings is 1. The van der Waals surface area contributed by atoms with E-state index in [0.29, 0.717) is 11.4 Å². The van der Waals surface area contributed by atoms with Gasteiger partial charge in [0, 0.05) is 21.8 Å². The highest BCUT2D eigenvalue weighted by Crippen LogP contribution is 2.26. The molecule has 0 radical (unpaired) electrons. The molecule has 3 rings (SSSR count). The van der Waals surface area contributed by atoms with E-state index in [4.69, 9.17) is 11.6 Å². The molecule has 1 atom stereocenters. The van der Waals surface area contributed by atoms with Crippen LogP contribution in [0.4, 0.5) is 0 Å². The second-order valence-electron chi connectivity index (χ2n) is 5.40. The van der Waals surface area contributed by atoms with Crippen LogP contribution in [-0.2, 0) is 11.2 Å². The van der Waals surface area contributed by atoms with Gasteiger partial charge in [-0.2, -0.15) is 0 Å². The molecule has 0 saturated heterocycles. The number of nitrogens with one attached hydrogen (secondary N) is 1. The standard InChI is InChI=1S/C17H14BrClN2O2.ClH/c18-12-3-1-10(2-4-12)11(8-17(22)23)7-16-20-14-6-5-13(19)9-15(14)21-16;/h1-6,9,11H,7-8H2,(H,20,21)(H,22,23);1H. The Morgan fingerprint density at radius 3 is 2.62 bits per heavy atom. The molecule has 0 bridgehead atoms. The van der Waals surface area contributed by atoms with Crippen molar-refractivity contribution in [2.75, 3.05) is 0 Å². The van der Waals surface area contributed by atoms with Crippen LogP contribution < -0.4 is 0 Å². The van der Waals surface area contributed by atoms with Crippen LogP contribution in [0.5, 0.6) is 0 Å². The lowest BCUT2D eigenvalue weighted by Gasteiger charge is -2.14. The number of aromatic amines is 1. The van der Waals surface area contributed by atoms with E-state index in [1.54, 1.807) is 12.1 Å². The minimum atomic E-state index is -0.822. The number of hydrogen-bond donors (Lipinski definition) is 2. The third-order valence-electron chi connectivity index (χ3n) is 3.70. The van der Waals surface area contributed by atoms with Crippen molar-refractivity contribution in [3.63, 3.8) is 0 Å². The molecule has 3 aromatic rings. The van der Waals surface area contributed by atoms with E-state index < -0.39 is 5.97 Å². The van der Waals surface area contributed by atoms with E-state index in [1.165, 1.54) is 0 Å². The van der Waals surface area contributed by atoms with Gasteiger partial charge >= 0.3 is 5.97 Å². The number of rotatable bonds is 5. The van der Waals surface area contributed by atoms with E-state index >= 15 is 0 Å². The van der Waals surface area contributed by atoms with Crippen molar-refractivity contribution in [2.24, 2.45) is 0 Å². The van der Waals surface area contributed by atoms with Crippen molar-refractivity contribution in [2.45, 2.75) is 18.8 Å². The molecule has 2 N–H and O–H groups in total. The molecule has 0 aliphatic heterocycles. The first-order valence-corrected chi connectivity index (χ1v) is 8.30. The summed E-state index contributed by atoms with van der Waals surface area (Å²) >= 11 is 9.37. The Hall–Kier alpha value is -1.56. The van der Waals surface area contributed by atoms with Crippen LogP contribution >= 0.6 is 39.9 Å². The van der Waals surface area contributed by atoms with Crippen molar-refractivity contribution in [3.05, 3.63) is 63.3 Å². The highest BCUT2D eigenvalue weighted by Gasteiger charge is 2.18. The lowest BCUT2D eigenvalue weighted by atomic mass is 9.92. The topological polar surface area (TPSA) is 66.0 Å². The number of aromatic nitrogens is 2. The molecule has 4 nitrogen and oxygen atoms in total. The Morgan fingerprint density at radius 1 is 1.25 bits per heavy atom. The fourth-order valence-corrected chi connectivity index (χ4v) is 3.05. The molecule has 2 aromatic carbocycles. The Bertz CT molecular complexity index is 849. The summed E-state index contributed by atoms with van der Waals surface area (Å²) in [6, 6.07) is 13.2. The number of H-pyrrole nitrogens is 1. The molecular weight excluding hydrogens is 415 g/mol. The van der Waals surface area contributed by atoms with Crippen LogP contribution in [0.3, 0.4) is 0 Å². The van der Waals surface area contributed by atoms with Gasteiger partial charge in [-0.1, -0.05) is 39.7 Å². The number of fused-ring (bicyclic) bond motifs is 1. The van der Waals surface area contributed by atoms with Gasteiger partial charge in [-0.15, -0.1) is 12.4 Å². The molecular formula is C17H15BrCl2N2O2. The summed E-state index contributed by atoms with van der Waals surface area (Å²) in [5.41, 5.74) is 2.67. The molecule has 0 aliphatic rings. The lowest BCUT2D eigenvalue weighted by molar-refractivity contribution is -0.137. The number of hydrogen-bond acceptors (Lipinski definition) is 2. The number of carboxylic acids is 1. The van der Waals surface area contributed by atoms with Crippen LogP contribution in [0.25, 0.3) is 11.0 Å². The number of halogens is 3. The molecule has 126 valence electrons. The second-order valence-corrected chi connectivity index (χ2v) is 6.75. The Kier molecular flexibility index (Phi) is 6.27. The summed E-state index contributed by atoms with van der Waals surface area (Å²) in [6.07, 6.45) is 0.583. The highest BCUT2D eigenvalue weighted by molar-refractivity contribution is 9.10. The van der Waals surface area contributed by atoms with Crippen LogP contribution in [0.1, 0.15) is 23.7 Å². The zero-order valence-electron chi connectivity index (χ0n) is 12.5. The van der Waals surface area contributed by atoms with Gasteiger partial charge in [-0.3, -0.25) is 4.79 Å². The van der Waals surface area contributed by atoms with E-state index in [1.807, 2.05) is 30.3 Å². The van der Waals surface area contributed by atoms with Gasteiger partial charge in [-0.25, -0.2) is 4.98 Å². The van der Waals surface area contributed by atoms with E-state index in [0.717, 1.165) is 26.9 Å². The van der Waals surface area contributed by atoms with Gasteiger partial charge in [-0.05, 0) is 35.9 Å². The molecule has 0 spiro atoms. The maximum Gasteiger partial charge on any atom is 0.303 e. The van der Waals surface area contributed by atoms with Crippen molar-refractivity contribution in [1.29, 1.82) is 0 Å². The zero-order valence-corrected chi connectivity index (χ0v) is 15.7. The molecule has 0 amide bonds. The second kappa shape index (κ2) is 8.01. The quantitative estimate of drug-likeness (QED) is 0.585. The average Bonchev–Trinajstić information content (AvgIpc) is 2.88. The largest absolute Gasteiger partial charge is 0.481 e. The van der Waals surface area contributed by atoms with Crippen LogP contribution in [0.15, 0.2) is 46.9 Å². The van der Waals surface area contributed by atoms with E-state index in [-0.39, 0.29) is 24.7 Å². The summed E-state index contributed by atoms with van der Waals surface area (Å²) < 4.78 is 0.966. The SMILES string of the molecule is Cl.O=C(O)CC(Cc1nc2cc(Cl)ccc2[nH]1)c1ccc(Br)cc1. The third kappa shape index (κ3) is 4.50. The van der Waals surface area contributed by atoms with Crippen molar-refractivity contribution >= 4 is 56.9 Å². The highest BCUT2D eigenvalue weighted by atomic mass is 79.9. The first-order chi connectivity index (χ1) is 11.0. The Labute approximate surface area is 158 Å². The Morgan fingerprint density at radius 2 is 1.96 bits per heavy atom. The molecule has 0 aliphatic carbocycles. The van der Waals surface area contributed by atoms with Gasteiger partial charge < -0.3 is 10.1 Å². The monoisotopic (exact) mass is 428 g/mol. The normalized spacial score (nSPS) is 11.9. The van der Waals surface area contributed by atoms with Gasteiger partial charge in [0.15, 0.2) is 0 Å². The third-order valence-corrected chi connectivity index (χ3v) is 4.46. The maximum absolute atomic E-state index is 11.2. The van der Waals surface area contributed by atoms with Crippen molar-refractivity contribution in [1.82, 2.24) is 9.97 Å². The molecule has 1 aromatic heterocycles. The molecule has 0 fully saturated rings. The smallest absolute Gasteiger partial charge is 0.303 e. The number of aliphatic carboxylic acids is 1. The molecule has 7 heteroatoms. The van der Waals surface area contributed by atoms with Gasteiger partial charge in [0.25, 0.3) is 0 Å². The van der Waals surface area contributed by atoms with Crippen molar-refractivity contribution in [3.8, 4) is 0 Å². The van der Waals surface area contributed by atoms with Crippen molar-refractivity contribution < 1.29 is 9.90 Å². The summed E-state index contributed by atoms with van der Waals surface area (Å²) in [6.45, 7) is 0. The summed E-state index contributed by atoms with van der Waals surface area (Å²) in [5, 5.41) is 9.83. The average molecular weight is 430 g/mol. The van der Waals surface area contributed by atoms with E-state index in [2.05, 4.69) is 25.9 Å². The van der Waals surface area contributed by atoms with Gasteiger partial charge in [0.05, 0.1) is 17.5 Å². The summed E-state index contributed by atoms with van der Waals surface area (Å²) in [5.74, 6) is -0.204. The number of benzene rings is 2. The first-order valence-electron chi connectivity index (χ1n) is 7.12. The van der Waals surface area contributed by atoms with Gasteiger partial charge in [0.2, 0.25) is 0 Å². The number of carbonyl (C=O) groups is 1. The molecule has 1 unspecified atom stereocenters. The van der Waals surface area contributed by atoms with Gasteiger partial charge in [0.1, 0.15) is 5.82 Å². The first kappa shape index (κ1) is 18.8. The van der Waals surface area contributed by atoms with E-state index in [9.17, 15) is 9.90 Å². The Balaban J connectivity index is 0.00000208. The maximum atomic E-state index is 11.2. The minimum absolute atomic E-state index is 0. The summed E-state index contributed by atoms with van der Waals surface area (Å²) in [4.78, 5) is 19.0. The fraction of sp³-hybridized carbons (Fsp3) is 0.176. The number of nitrogens with zero attached hydrogens (tertiary/aromatic N) is 1. The molecule has 0 saturated carbocycles. The van der Waals surface area contributed by atoms with Crippen LogP contribution in [0, 0.1) is 0 Å². The molecule has 24 heavy (non-hydrogen) atoms. The van der Waals surface area contributed by atoms with Crippen LogP contribution in [0.2, 0.25) is 5.02 Å². The van der Waals surface area contributed by atoms with Crippen LogP contribution in [-0.4, -0.2) is 21.0 Å². The minimum Gasteiger partial charge on any atom is -0.481 e. The predicted octanol–water partition coefficient (Wildman–Crippen LogP) is 5.20. The lowest BCUT2D eigenvalue weighted by Crippen LogP contribution is -2.10. The molecule has 1 heterocycles. The summed E-state index contributed by atoms with van der Waals surface area (Å²) in [7, 11) is 0.